The first-order valence-electron chi connectivity index (χ1n) is 9.15. The summed E-state index contributed by atoms with van der Waals surface area (Å²) in [6.45, 7) is 3.12. The van der Waals surface area contributed by atoms with Crippen LogP contribution in [0.2, 0.25) is 0 Å². The van der Waals surface area contributed by atoms with Gasteiger partial charge in [-0.25, -0.2) is 4.98 Å². The van der Waals surface area contributed by atoms with E-state index in [1.807, 2.05) is 36.5 Å². The van der Waals surface area contributed by atoms with E-state index in [4.69, 9.17) is 4.74 Å². The molecule has 0 saturated carbocycles. The van der Waals surface area contributed by atoms with Gasteiger partial charge in [-0.15, -0.1) is 0 Å². The summed E-state index contributed by atoms with van der Waals surface area (Å²) in [5.74, 6) is 1.86. The highest BCUT2D eigenvalue weighted by atomic mass is 16.5. The number of anilines is 1. The van der Waals surface area contributed by atoms with Crippen LogP contribution in [-0.4, -0.2) is 42.9 Å². The molecular formula is C21H27N3O2. The molecule has 2 heterocycles. The average Bonchev–Trinajstić information content (AvgIpc) is 2.68. The van der Waals surface area contributed by atoms with Gasteiger partial charge >= 0.3 is 0 Å². The Morgan fingerprint density at radius 1 is 1.31 bits per heavy atom. The Morgan fingerprint density at radius 3 is 3.04 bits per heavy atom. The highest BCUT2D eigenvalue weighted by Gasteiger charge is 2.20. The van der Waals surface area contributed by atoms with Crippen molar-refractivity contribution in [2.24, 2.45) is 0 Å². The number of pyridine rings is 1. The van der Waals surface area contributed by atoms with E-state index < -0.39 is 0 Å². The van der Waals surface area contributed by atoms with Gasteiger partial charge in [0.2, 0.25) is 0 Å². The van der Waals surface area contributed by atoms with Crippen molar-refractivity contribution in [2.45, 2.75) is 25.5 Å². The largest absolute Gasteiger partial charge is 0.496 e. The lowest BCUT2D eigenvalue weighted by atomic mass is 10.1. The fourth-order valence-electron chi connectivity index (χ4n) is 3.28. The van der Waals surface area contributed by atoms with E-state index in [0.29, 0.717) is 6.54 Å². The van der Waals surface area contributed by atoms with Crippen LogP contribution in [0, 0.1) is 0 Å². The third-order valence-electron chi connectivity index (χ3n) is 4.58. The third kappa shape index (κ3) is 4.84. The topological polar surface area (TPSA) is 57.6 Å². The van der Waals surface area contributed by atoms with Crippen molar-refractivity contribution in [3.63, 3.8) is 0 Å². The van der Waals surface area contributed by atoms with Crippen LogP contribution in [0.1, 0.15) is 24.0 Å². The summed E-state index contributed by atoms with van der Waals surface area (Å²) in [7, 11) is 1.69. The van der Waals surface area contributed by atoms with Crippen molar-refractivity contribution in [2.75, 3.05) is 31.6 Å². The molecule has 5 nitrogen and oxygen atoms in total. The van der Waals surface area contributed by atoms with Crippen molar-refractivity contribution in [3.8, 4) is 5.75 Å². The molecule has 0 aliphatic carbocycles. The lowest BCUT2D eigenvalue weighted by molar-refractivity contribution is 0.154. The van der Waals surface area contributed by atoms with E-state index in [0.717, 1.165) is 55.2 Å². The Morgan fingerprint density at radius 2 is 2.19 bits per heavy atom. The molecule has 1 aliphatic rings. The fraction of sp³-hybridized carbons (Fsp3) is 0.381. The van der Waals surface area contributed by atoms with E-state index >= 15 is 0 Å². The van der Waals surface area contributed by atoms with Crippen molar-refractivity contribution in [1.82, 2.24) is 10.3 Å². The normalized spacial score (nSPS) is 17.6. The summed E-state index contributed by atoms with van der Waals surface area (Å²) in [4.78, 5) is 6.74. The lowest BCUT2D eigenvalue weighted by Gasteiger charge is -2.32. The number of nitrogens with zero attached hydrogens (tertiary/aromatic N) is 2. The Hall–Kier alpha value is -2.37. The van der Waals surface area contributed by atoms with Gasteiger partial charge < -0.3 is 20.1 Å². The molecule has 0 bridgehead atoms. The van der Waals surface area contributed by atoms with E-state index in [-0.39, 0.29) is 6.10 Å². The molecule has 0 radical (unpaired) electrons. The summed E-state index contributed by atoms with van der Waals surface area (Å²) >= 11 is 0. The SMILES string of the molecule is COc1ccccc1C=CCNCc1cccnc1N1CCCC(O)C1. The molecular weight excluding hydrogens is 326 g/mol. The molecule has 2 N–H and O–H groups in total. The van der Waals surface area contributed by atoms with Gasteiger partial charge in [0, 0.05) is 43.5 Å². The molecule has 1 aromatic heterocycles. The summed E-state index contributed by atoms with van der Waals surface area (Å²) < 4.78 is 5.36. The summed E-state index contributed by atoms with van der Waals surface area (Å²) in [6.07, 6.45) is 7.61. The first kappa shape index (κ1) is 18.4. The van der Waals surface area contributed by atoms with Crippen molar-refractivity contribution >= 4 is 11.9 Å². The lowest BCUT2D eigenvalue weighted by Crippen LogP contribution is -2.39. The van der Waals surface area contributed by atoms with Gasteiger partial charge in [-0.05, 0) is 25.0 Å². The zero-order valence-corrected chi connectivity index (χ0v) is 15.3. The number of aliphatic hydroxyl groups excluding tert-OH is 1. The maximum atomic E-state index is 9.92. The molecule has 1 fully saturated rings. The molecule has 1 atom stereocenters. The van der Waals surface area contributed by atoms with Gasteiger partial charge in [-0.1, -0.05) is 36.4 Å². The number of hydrogen-bond acceptors (Lipinski definition) is 5. The Bertz CT molecular complexity index is 733. The summed E-state index contributed by atoms with van der Waals surface area (Å²) in [5, 5.41) is 13.4. The molecule has 5 heteroatoms. The van der Waals surface area contributed by atoms with Crippen molar-refractivity contribution in [1.29, 1.82) is 0 Å². The van der Waals surface area contributed by atoms with E-state index in [1.165, 1.54) is 0 Å². The van der Waals surface area contributed by atoms with Crippen LogP contribution >= 0.6 is 0 Å². The number of hydrogen-bond donors (Lipinski definition) is 2. The quantitative estimate of drug-likeness (QED) is 0.750. The van der Waals surface area contributed by atoms with Crippen molar-refractivity contribution < 1.29 is 9.84 Å². The van der Waals surface area contributed by atoms with Gasteiger partial charge in [0.15, 0.2) is 0 Å². The maximum Gasteiger partial charge on any atom is 0.133 e. The fourth-order valence-corrected chi connectivity index (χ4v) is 3.28. The number of piperidine rings is 1. The van der Waals surface area contributed by atoms with Crippen LogP contribution in [0.5, 0.6) is 5.75 Å². The molecule has 1 saturated heterocycles. The molecule has 26 heavy (non-hydrogen) atoms. The predicted molar refractivity (Wildman–Crippen MR) is 105 cm³/mol. The second-order valence-electron chi connectivity index (χ2n) is 6.50. The minimum absolute atomic E-state index is 0.254. The molecule has 2 aromatic rings. The first-order chi connectivity index (χ1) is 12.8. The van der Waals surface area contributed by atoms with E-state index in [2.05, 4.69) is 33.4 Å². The number of methoxy groups -OCH3 is 1. The van der Waals surface area contributed by atoms with Crippen LogP contribution in [-0.2, 0) is 6.54 Å². The maximum absolute atomic E-state index is 9.92. The highest BCUT2D eigenvalue weighted by Crippen LogP contribution is 2.22. The van der Waals surface area contributed by atoms with Gasteiger partial charge in [0.25, 0.3) is 0 Å². The zero-order valence-electron chi connectivity index (χ0n) is 15.3. The molecule has 0 spiro atoms. The molecule has 1 unspecified atom stereocenters. The molecule has 138 valence electrons. The minimum Gasteiger partial charge on any atom is -0.496 e. The Labute approximate surface area is 155 Å². The monoisotopic (exact) mass is 353 g/mol. The highest BCUT2D eigenvalue weighted by molar-refractivity contribution is 5.57. The number of ether oxygens (including phenoxy) is 1. The van der Waals surface area contributed by atoms with Gasteiger partial charge in [0.1, 0.15) is 11.6 Å². The second-order valence-corrected chi connectivity index (χ2v) is 6.50. The van der Waals surface area contributed by atoms with Crippen LogP contribution in [0.15, 0.2) is 48.7 Å². The van der Waals surface area contributed by atoms with Crippen LogP contribution < -0.4 is 15.0 Å². The Kier molecular flexibility index (Phi) is 6.63. The second kappa shape index (κ2) is 9.36. The standard InChI is InChI=1S/C21H27N3O2/c1-26-20-11-3-2-7-17(20)8-4-12-22-15-18-9-5-13-23-21(18)24-14-6-10-19(25)16-24/h2-5,7-9,11,13,19,22,25H,6,10,12,14-16H2,1H3. The number of β-amino-alcohol motifs (C(OH)–C–C–N with tert-alkyl or cyclic N) is 1. The number of rotatable bonds is 7. The smallest absolute Gasteiger partial charge is 0.133 e. The minimum atomic E-state index is -0.254. The van der Waals surface area contributed by atoms with Gasteiger partial charge in [-0.2, -0.15) is 0 Å². The molecule has 0 amide bonds. The van der Waals surface area contributed by atoms with Crippen LogP contribution in [0.3, 0.4) is 0 Å². The average molecular weight is 353 g/mol. The molecule has 3 rings (SSSR count). The molecule has 1 aliphatic heterocycles. The van der Waals surface area contributed by atoms with Gasteiger partial charge in [0.05, 0.1) is 13.2 Å². The van der Waals surface area contributed by atoms with Crippen molar-refractivity contribution in [3.05, 3.63) is 59.8 Å². The first-order valence-corrected chi connectivity index (χ1v) is 9.15. The van der Waals surface area contributed by atoms with Crippen LogP contribution in [0.4, 0.5) is 5.82 Å². The summed E-state index contributed by atoms with van der Waals surface area (Å²) in [5.41, 5.74) is 2.23. The third-order valence-corrected chi connectivity index (χ3v) is 4.58. The Balaban J connectivity index is 1.56. The number of nitrogens with one attached hydrogen (secondary N) is 1. The number of para-hydroxylation sites is 1. The zero-order chi connectivity index (χ0) is 18.2. The number of benzene rings is 1. The van der Waals surface area contributed by atoms with E-state index in [1.54, 1.807) is 7.11 Å². The van der Waals surface area contributed by atoms with Gasteiger partial charge in [-0.3, -0.25) is 0 Å². The number of aromatic nitrogens is 1. The van der Waals surface area contributed by atoms with Crippen LogP contribution in [0.25, 0.3) is 6.08 Å². The summed E-state index contributed by atoms with van der Waals surface area (Å²) in [6, 6.07) is 12.0. The van der Waals surface area contributed by atoms with E-state index in [9.17, 15) is 5.11 Å². The molecule has 1 aromatic carbocycles. The number of aliphatic hydroxyl groups is 1. The predicted octanol–water partition coefficient (Wildman–Crippen LogP) is 2.85.